The normalized spacial score (nSPS) is 11.4. The number of carbonyl (C=O) groups is 2. The van der Waals surface area contributed by atoms with Gasteiger partial charge in [0.1, 0.15) is 11.5 Å². The highest BCUT2D eigenvalue weighted by atomic mass is 35.5. The van der Waals surface area contributed by atoms with Gasteiger partial charge >= 0.3 is 11.9 Å². The molecule has 0 amide bonds. The fourth-order valence-electron chi connectivity index (χ4n) is 6.66. The van der Waals surface area contributed by atoms with Crippen LogP contribution in [0, 0.1) is 13.8 Å². The number of fused-ring (bicyclic) bond motifs is 4. The van der Waals surface area contributed by atoms with Crippen molar-refractivity contribution in [3.05, 3.63) is 166 Å². The van der Waals surface area contributed by atoms with Crippen LogP contribution in [0.3, 0.4) is 0 Å². The minimum absolute atomic E-state index is 0.442. The highest BCUT2D eigenvalue weighted by molar-refractivity contribution is 6.34. The molecule has 6 heteroatoms. The van der Waals surface area contributed by atoms with Gasteiger partial charge in [-0.25, -0.2) is 9.59 Å². The zero-order chi connectivity index (χ0) is 34.5. The molecular formula is C44H28Cl2O4. The van der Waals surface area contributed by atoms with Crippen molar-refractivity contribution < 1.29 is 19.1 Å². The second kappa shape index (κ2) is 12.6. The molecule has 0 bridgehead atoms. The van der Waals surface area contributed by atoms with Crippen LogP contribution in [0.1, 0.15) is 31.8 Å². The Labute approximate surface area is 298 Å². The fourth-order valence-corrected chi connectivity index (χ4v) is 7.01. The first kappa shape index (κ1) is 31.6. The predicted molar refractivity (Wildman–Crippen MR) is 204 cm³/mol. The van der Waals surface area contributed by atoms with Crippen LogP contribution in [0.5, 0.6) is 11.5 Å². The van der Waals surface area contributed by atoms with E-state index in [1.807, 2.05) is 111 Å². The summed E-state index contributed by atoms with van der Waals surface area (Å²) in [5, 5.41) is 7.29. The number of halogens is 2. The van der Waals surface area contributed by atoms with Crippen LogP contribution in [0.2, 0.25) is 10.0 Å². The van der Waals surface area contributed by atoms with Gasteiger partial charge in [-0.05, 0) is 107 Å². The molecule has 0 saturated carbocycles. The van der Waals surface area contributed by atoms with E-state index in [9.17, 15) is 9.59 Å². The first-order chi connectivity index (χ1) is 24.3. The molecule has 0 N–H and O–H groups in total. The Morgan fingerprint density at radius 1 is 0.420 bits per heavy atom. The van der Waals surface area contributed by atoms with Gasteiger partial charge in [0.15, 0.2) is 0 Å². The lowest BCUT2D eigenvalue weighted by Crippen LogP contribution is -2.10. The molecule has 0 aromatic heterocycles. The molecule has 0 unspecified atom stereocenters. The summed E-state index contributed by atoms with van der Waals surface area (Å²) in [5.41, 5.74) is 4.77. The lowest BCUT2D eigenvalue weighted by molar-refractivity contribution is 0.0730. The van der Waals surface area contributed by atoms with E-state index in [4.69, 9.17) is 32.7 Å². The van der Waals surface area contributed by atoms with E-state index in [0.717, 1.165) is 65.3 Å². The van der Waals surface area contributed by atoms with E-state index < -0.39 is 11.9 Å². The van der Waals surface area contributed by atoms with Crippen molar-refractivity contribution in [2.24, 2.45) is 0 Å². The summed E-state index contributed by atoms with van der Waals surface area (Å²) in [7, 11) is 0. The molecule has 0 aliphatic carbocycles. The zero-order valence-electron chi connectivity index (χ0n) is 27.1. The first-order valence-corrected chi connectivity index (χ1v) is 16.9. The van der Waals surface area contributed by atoms with Crippen molar-refractivity contribution in [3.63, 3.8) is 0 Å². The molecule has 8 rings (SSSR count). The van der Waals surface area contributed by atoms with E-state index in [1.54, 1.807) is 36.4 Å². The Bertz CT molecular complexity index is 2470. The third kappa shape index (κ3) is 5.53. The summed E-state index contributed by atoms with van der Waals surface area (Å²) in [5.74, 6) is -0.0306. The summed E-state index contributed by atoms with van der Waals surface area (Å²) in [6.45, 7) is 3.94. The number of carbonyl (C=O) groups excluding carboxylic acids is 2. The summed E-state index contributed by atoms with van der Waals surface area (Å²) in [4.78, 5) is 27.1. The zero-order valence-corrected chi connectivity index (χ0v) is 28.6. The molecule has 0 saturated heterocycles. The molecule has 8 aromatic rings. The summed E-state index contributed by atoms with van der Waals surface area (Å²) in [6.07, 6.45) is 0. The molecule has 0 atom stereocenters. The van der Waals surface area contributed by atoms with Crippen LogP contribution in [-0.2, 0) is 0 Å². The summed E-state index contributed by atoms with van der Waals surface area (Å²) >= 11 is 13.4. The maximum Gasteiger partial charge on any atom is 0.343 e. The van der Waals surface area contributed by atoms with E-state index in [-0.39, 0.29) is 0 Å². The minimum atomic E-state index is -0.457. The quantitative estimate of drug-likeness (QED) is 0.102. The molecule has 0 aliphatic heterocycles. The van der Waals surface area contributed by atoms with Crippen LogP contribution in [0.15, 0.2) is 133 Å². The monoisotopic (exact) mass is 690 g/mol. The first-order valence-electron chi connectivity index (χ1n) is 16.1. The molecule has 0 fully saturated rings. The Balaban J connectivity index is 1.43. The van der Waals surface area contributed by atoms with Gasteiger partial charge in [0.25, 0.3) is 0 Å². The molecule has 50 heavy (non-hydrogen) atoms. The van der Waals surface area contributed by atoms with Gasteiger partial charge in [-0.1, -0.05) is 107 Å². The van der Waals surface area contributed by atoms with Gasteiger partial charge in [-0.3, -0.25) is 0 Å². The highest BCUT2D eigenvalue weighted by Gasteiger charge is 2.25. The number of benzene rings is 8. The molecule has 0 radical (unpaired) electrons. The average molecular weight is 692 g/mol. The lowest BCUT2D eigenvalue weighted by Gasteiger charge is -2.21. The van der Waals surface area contributed by atoms with E-state index >= 15 is 0 Å². The van der Waals surface area contributed by atoms with E-state index in [1.165, 1.54) is 0 Å². The minimum Gasteiger partial charge on any atom is -0.422 e. The van der Waals surface area contributed by atoms with Crippen molar-refractivity contribution >= 4 is 78.2 Å². The Kier molecular flexibility index (Phi) is 7.99. The molecule has 0 spiro atoms. The highest BCUT2D eigenvalue weighted by Crippen LogP contribution is 2.50. The summed E-state index contributed by atoms with van der Waals surface area (Å²) in [6, 6.07) is 41.5. The van der Waals surface area contributed by atoms with Crippen LogP contribution in [0.4, 0.5) is 0 Å². The maximum atomic E-state index is 13.6. The maximum absolute atomic E-state index is 13.6. The smallest absolute Gasteiger partial charge is 0.343 e. The molecule has 8 aromatic carbocycles. The largest absolute Gasteiger partial charge is 0.422 e. The fraction of sp³-hybridized carbons (Fsp3) is 0.0455. The van der Waals surface area contributed by atoms with Crippen molar-refractivity contribution in [1.82, 2.24) is 0 Å². The number of esters is 2. The molecule has 242 valence electrons. The number of rotatable bonds is 5. The van der Waals surface area contributed by atoms with Gasteiger partial charge in [0.2, 0.25) is 0 Å². The number of aryl methyl sites for hydroxylation is 2. The average Bonchev–Trinajstić information content (AvgIpc) is 3.12. The second-order valence-electron chi connectivity index (χ2n) is 12.4. The van der Waals surface area contributed by atoms with Crippen molar-refractivity contribution in [3.8, 4) is 22.6 Å². The van der Waals surface area contributed by atoms with E-state index in [0.29, 0.717) is 32.7 Å². The van der Waals surface area contributed by atoms with Crippen molar-refractivity contribution in [2.75, 3.05) is 0 Å². The third-order valence-electron chi connectivity index (χ3n) is 9.09. The van der Waals surface area contributed by atoms with Crippen LogP contribution in [0.25, 0.3) is 54.2 Å². The predicted octanol–water partition coefficient (Wildman–Crippen LogP) is 12.3. The van der Waals surface area contributed by atoms with Crippen molar-refractivity contribution in [2.45, 2.75) is 13.8 Å². The van der Waals surface area contributed by atoms with Crippen molar-refractivity contribution in [1.29, 1.82) is 0 Å². The van der Waals surface area contributed by atoms with Crippen LogP contribution < -0.4 is 9.47 Å². The topological polar surface area (TPSA) is 52.6 Å². The summed E-state index contributed by atoms with van der Waals surface area (Å²) < 4.78 is 12.5. The van der Waals surface area contributed by atoms with E-state index in [2.05, 4.69) is 0 Å². The van der Waals surface area contributed by atoms with Gasteiger partial charge in [0, 0.05) is 31.6 Å². The number of ether oxygens (including phenoxy) is 2. The van der Waals surface area contributed by atoms with Crippen LogP contribution in [-0.4, -0.2) is 11.9 Å². The lowest BCUT2D eigenvalue weighted by atomic mass is 9.85. The molecular weight excluding hydrogens is 663 g/mol. The molecule has 4 nitrogen and oxygen atoms in total. The number of hydrogen-bond donors (Lipinski definition) is 0. The van der Waals surface area contributed by atoms with Gasteiger partial charge in [0.05, 0.1) is 11.1 Å². The standard InChI is InChI=1S/C44H28Cl2O4/c1-25-11-15-27(16-12-25)43(47)49-41-33-9-5-3-7-31(33)39(37-23-29(45)19-21-35(37)41)40-32-8-4-6-10-34(32)42(36-22-20-30(46)24-38(36)40)50-44(48)28-17-13-26(2)14-18-28/h3-24H,1-2H3. The number of hydrogen-bond acceptors (Lipinski definition) is 4. The van der Waals surface area contributed by atoms with Gasteiger partial charge in [-0.15, -0.1) is 0 Å². The Morgan fingerprint density at radius 3 is 1.14 bits per heavy atom. The second-order valence-corrected chi connectivity index (χ2v) is 13.3. The Morgan fingerprint density at radius 2 is 0.760 bits per heavy atom. The molecule has 0 heterocycles. The van der Waals surface area contributed by atoms with Gasteiger partial charge < -0.3 is 9.47 Å². The van der Waals surface area contributed by atoms with Gasteiger partial charge in [-0.2, -0.15) is 0 Å². The van der Waals surface area contributed by atoms with Crippen LogP contribution >= 0.6 is 23.2 Å². The Hall–Kier alpha value is -5.68. The third-order valence-corrected chi connectivity index (χ3v) is 9.56. The molecule has 0 aliphatic rings. The SMILES string of the molecule is Cc1ccc(C(=O)Oc2c3ccccc3c(-c3c4ccccc4c(OC(=O)c4ccc(C)cc4)c4ccc(Cl)cc34)c3cc(Cl)ccc23)cc1.